The third-order valence-electron chi connectivity index (χ3n) is 3.51. The van der Waals surface area contributed by atoms with Gasteiger partial charge in [-0.05, 0) is 25.5 Å². The highest BCUT2D eigenvalue weighted by Crippen LogP contribution is 2.13. The Morgan fingerprint density at radius 2 is 2.00 bits per heavy atom. The van der Waals surface area contributed by atoms with Crippen LogP contribution >= 0.6 is 0 Å². The molecule has 0 bridgehead atoms. The van der Waals surface area contributed by atoms with Crippen molar-refractivity contribution in [2.45, 2.75) is 19.9 Å². The maximum atomic E-state index is 3.55. The van der Waals surface area contributed by atoms with Crippen molar-refractivity contribution in [1.82, 2.24) is 10.2 Å². The van der Waals surface area contributed by atoms with Crippen LogP contribution in [0.4, 0.5) is 5.69 Å². The lowest BCUT2D eigenvalue weighted by Crippen LogP contribution is -2.49. The van der Waals surface area contributed by atoms with Crippen LogP contribution in [0.5, 0.6) is 0 Å². The third-order valence-corrected chi connectivity index (χ3v) is 3.51. The van der Waals surface area contributed by atoms with Crippen molar-refractivity contribution >= 4 is 5.69 Å². The molecule has 0 amide bonds. The highest BCUT2D eigenvalue weighted by molar-refractivity contribution is 5.50. The van der Waals surface area contributed by atoms with E-state index in [9.17, 15) is 0 Å². The van der Waals surface area contributed by atoms with Crippen molar-refractivity contribution in [2.75, 3.05) is 38.0 Å². The molecule has 2 N–H and O–H groups in total. The number of nitrogens with zero attached hydrogens (tertiary/aromatic N) is 1. The summed E-state index contributed by atoms with van der Waals surface area (Å²) in [4.78, 5) is 2.54. The number of hydrogen-bond donors (Lipinski definition) is 2. The molecular weight excluding hydrogens is 210 g/mol. The molecule has 2 rings (SSSR count). The summed E-state index contributed by atoms with van der Waals surface area (Å²) in [5.41, 5.74) is 2.58. The largest absolute Gasteiger partial charge is 0.383 e. The predicted octanol–water partition coefficient (Wildman–Crippen LogP) is 1.70. The molecular formula is C14H23N3. The van der Waals surface area contributed by atoms with Crippen LogP contribution in [0.25, 0.3) is 0 Å². The quantitative estimate of drug-likeness (QED) is 0.829. The molecule has 1 aliphatic heterocycles. The van der Waals surface area contributed by atoms with Gasteiger partial charge in [-0.25, -0.2) is 0 Å². The number of para-hydroxylation sites is 1. The predicted molar refractivity (Wildman–Crippen MR) is 73.6 cm³/mol. The van der Waals surface area contributed by atoms with E-state index in [1.54, 1.807) is 0 Å². The van der Waals surface area contributed by atoms with Gasteiger partial charge in [-0.15, -0.1) is 0 Å². The molecule has 1 aromatic carbocycles. The Morgan fingerprint density at radius 1 is 1.29 bits per heavy atom. The van der Waals surface area contributed by atoms with Crippen molar-refractivity contribution in [3.63, 3.8) is 0 Å². The summed E-state index contributed by atoms with van der Waals surface area (Å²) in [5.74, 6) is 0. The van der Waals surface area contributed by atoms with Crippen molar-refractivity contribution in [3.05, 3.63) is 29.8 Å². The smallest absolute Gasteiger partial charge is 0.0370 e. The first kappa shape index (κ1) is 12.4. The number of rotatable bonds is 4. The van der Waals surface area contributed by atoms with Gasteiger partial charge in [0.25, 0.3) is 0 Å². The summed E-state index contributed by atoms with van der Waals surface area (Å²) in [6.07, 6.45) is 0. The van der Waals surface area contributed by atoms with Crippen LogP contribution in [0.15, 0.2) is 24.3 Å². The summed E-state index contributed by atoms with van der Waals surface area (Å²) < 4.78 is 0. The molecule has 1 atom stereocenters. The van der Waals surface area contributed by atoms with Gasteiger partial charge >= 0.3 is 0 Å². The SMILES string of the molecule is Cc1ccccc1NCC(C)N1CCNCC1. The molecule has 0 saturated carbocycles. The normalized spacial score (nSPS) is 18.9. The maximum absolute atomic E-state index is 3.55. The van der Waals surface area contributed by atoms with Gasteiger partial charge in [-0.3, -0.25) is 4.90 Å². The molecule has 0 aliphatic carbocycles. The van der Waals surface area contributed by atoms with E-state index >= 15 is 0 Å². The number of benzene rings is 1. The number of nitrogens with one attached hydrogen (secondary N) is 2. The second-order valence-corrected chi connectivity index (χ2v) is 4.83. The minimum Gasteiger partial charge on any atom is -0.383 e. The molecule has 1 fully saturated rings. The number of hydrogen-bond acceptors (Lipinski definition) is 3. The fourth-order valence-electron chi connectivity index (χ4n) is 2.28. The minimum atomic E-state index is 0.594. The van der Waals surface area contributed by atoms with Gasteiger partial charge in [-0.2, -0.15) is 0 Å². The molecule has 0 aromatic heterocycles. The second kappa shape index (κ2) is 6.03. The van der Waals surface area contributed by atoms with Gasteiger partial charge in [0.1, 0.15) is 0 Å². The molecule has 0 spiro atoms. The lowest BCUT2D eigenvalue weighted by molar-refractivity contribution is 0.191. The van der Waals surface area contributed by atoms with E-state index in [4.69, 9.17) is 0 Å². The van der Waals surface area contributed by atoms with E-state index < -0.39 is 0 Å². The third kappa shape index (κ3) is 3.45. The fraction of sp³-hybridized carbons (Fsp3) is 0.571. The van der Waals surface area contributed by atoms with E-state index in [-0.39, 0.29) is 0 Å². The average Bonchev–Trinajstić information content (AvgIpc) is 2.38. The monoisotopic (exact) mass is 233 g/mol. The molecule has 1 saturated heterocycles. The number of anilines is 1. The highest BCUT2D eigenvalue weighted by Gasteiger charge is 2.15. The molecule has 94 valence electrons. The fourth-order valence-corrected chi connectivity index (χ4v) is 2.28. The highest BCUT2D eigenvalue weighted by atomic mass is 15.2. The summed E-state index contributed by atoms with van der Waals surface area (Å²) >= 11 is 0. The van der Waals surface area contributed by atoms with E-state index in [0.717, 1.165) is 32.7 Å². The van der Waals surface area contributed by atoms with Crippen molar-refractivity contribution < 1.29 is 0 Å². The Balaban J connectivity index is 1.83. The van der Waals surface area contributed by atoms with Crippen LogP contribution in [0, 0.1) is 6.92 Å². The lowest BCUT2D eigenvalue weighted by atomic mass is 10.2. The molecule has 3 nitrogen and oxygen atoms in total. The van der Waals surface area contributed by atoms with E-state index in [1.165, 1.54) is 11.3 Å². The zero-order valence-corrected chi connectivity index (χ0v) is 10.9. The van der Waals surface area contributed by atoms with Crippen LogP contribution in [0.1, 0.15) is 12.5 Å². The topological polar surface area (TPSA) is 27.3 Å². The van der Waals surface area contributed by atoms with Crippen molar-refractivity contribution in [2.24, 2.45) is 0 Å². The molecule has 1 aromatic rings. The zero-order valence-electron chi connectivity index (χ0n) is 10.9. The van der Waals surface area contributed by atoms with Crippen molar-refractivity contribution in [3.8, 4) is 0 Å². The second-order valence-electron chi connectivity index (χ2n) is 4.83. The summed E-state index contributed by atoms with van der Waals surface area (Å²) in [6, 6.07) is 9.07. The van der Waals surface area contributed by atoms with Crippen LogP contribution in [-0.4, -0.2) is 43.7 Å². The molecule has 1 heterocycles. The van der Waals surface area contributed by atoms with Crippen molar-refractivity contribution in [1.29, 1.82) is 0 Å². The van der Waals surface area contributed by atoms with E-state index in [1.807, 2.05) is 0 Å². The first-order valence-corrected chi connectivity index (χ1v) is 6.51. The summed E-state index contributed by atoms with van der Waals surface area (Å²) in [6.45, 7) is 10.0. The van der Waals surface area contributed by atoms with Gasteiger partial charge in [0.15, 0.2) is 0 Å². The summed E-state index contributed by atoms with van der Waals surface area (Å²) in [7, 11) is 0. The molecule has 17 heavy (non-hydrogen) atoms. The Kier molecular flexibility index (Phi) is 4.40. The van der Waals surface area contributed by atoms with Crippen LogP contribution in [-0.2, 0) is 0 Å². The van der Waals surface area contributed by atoms with Gasteiger partial charge in [0.05, 0.1) is 0 Å². The van der Waals surface area contributed by atoms with E-state index in [2.05, 4.69) is 53.6 Å². The van der Waals surface area contributed by atoms with Gasteiger partial charge in [-0.1, -0.05) is 18.2 Å². The van der Waals surface area contributed by atoms with Crippen LogP contribution in [0.2, 0.25) is 0 Å². The summed E-state index contributed by atoms with van der Waals surface area (Å²) in [5, 5.41) is 6.94. The average molecular weight is 233 g/mol. The standard InChI is InChI=1S/C14H23N3/c1-12-5-3-4-6-14(12)16-11-13(2)17-9-7-15-8-10-17/h3-6,13,15-16H,7-11H2,1-2H3. The molecule has 3 heteroatoms. The Morgan fingerprint density at radius 3 is 2.71 bits per heavy atom. The van der Waals surface area contributed by atoms with Crippen LogP contribution < -0.4 is 10.6 Å². The Bertz CT molecular complexity index is 345. The first-order chi connectivity index (χ1) is 8.27. The Labute approximate surface area is 104 Å². The molecule has 1 unspecified atom stereocenters. The molecule has 1 aliphatic rings. The first-order valence-electron chi connectivity index (χ1n) is 6.51. The number of aryl methyl sites for hydroxylation is 1. The molecule has 0 radical (unpaired) electrons. The maximum Gasteiger partial charge on any atom is 0.0370 e. The van der Waals surface area contributed by atoms with E-state index in [0.29, 0.717) is 6.04 Å². The van der Waals surface area contributed by atoms with Gasteiger partial charge in [0, 0.05) is 44.5 Å². The minimum absolute atomic E-state index is 0.594. The van der Waals surface area contributed by atoms with Crippen LogP contribution in [0.3, 0.4) is 0 Å². The Hall–Kier alpha value is -1.06. The lowest BCUT2D eigenvalue weighted by Gasteiger charge is -2.33. The van der Waals surface area contributed by atoms with Gasteiger partial charge < -0.3 is 10.6 Å². The van der Waals surface area contributed by atoms with Gasteiger partial charge in [0.2, 0.25) is 0 Å². The zero-order chi connectivity index (χ0) is 12.1. The number of piperazine rings is 1.